The summed E-state index contributed by atoms with van der Waals surface area (Å²) in [6.07, 6.45) is 1.17. The number of nitrogens with zero attached hydrogens (tertiary/aromatic N) is 3. The normalized spacial score (nSPS) is 14.9. The van der Waals surface area contributed by atoms with Gasteiger partial charge in [0.15, 0.2) is 0 Å². The molecular weight excluding hydrogens is 438 g/mol. The highest BCUT2D eigenvalue weighted by molar-refractivity contribution is 5.58. The SMILES string of the molecule is N#CCN(C1=C(C#N)C(CCCOCc2ccccc2)OC1)c1ccc(Oc2ccccc2)cc1. The Morgan fingerprint density at radius 2 is 1.57 bits per heavy atom. The van der Waals surface area contributed by atoms with Crippen LogP contribution in [0.15, 0.2) is 96.2 Å². The highest BCUT2D eigenvalue weighted by Crippen LogP contribution is 2.32. The highest BCUT2D eigenvalue weighted by Gasteiger charge is 2.30. The minimum atomic E-state index is -0.294. The van der Waals surface area contributed by atoms with Crippen molar-refractivity contribution in [1.82, 2.24) is 0 Å². The fourth-order valence-corrected chi connectivity index (χ4v) is 3.98. The molecule has 6 nitrogen and oxygen atoms in total. The molecule has 3 aromatic carbocycles. The minimum Gasteiger partial charge on any atom is -0.457 e. The van der Waals surface area contributed by atoms with Gasteiger partial charge in [0.05, 0.1) is 42.7 Å². The molecule has 0 radical (unpaired) electrons. The van der Waals surface area contributed by atoms with E-state index in [1.165, 1.54) is 0 Å². The van der Waals surface area contributed by atoms with E-state index in [0.717, 1.165) is 29.1 Å². The third-order valence-corrected chi connectivity index (χ3v) is 5.72. The maximum atomic E-state index is 9.88. The van der Waals surface area contributed by atoms with Gasteiger partial charge in [-0.05, 0) is 54.8 Å². The van der Waals surface area contributed by atoms with Crippen LogP contribution in [0.5, 0.6) is 11.5 Å². The van der Waals surface area contributed by atoms with Gasteiger partial charge in [-0.15, -0.1) is 0 Å². The number of benzene rings is 3. The Bertz CT molecular complexity index is 1200. The van der Waals surface area contributed by atoms with Gasteiger partial charge in [0.1, 0.15) is 18.0 Å². The van der Waals surface area contributed by atoms with E-state index in [9.17, 15) is 10.5 Å². The van der Waals surface area contributed by atoms with Crippen molar-refractivity contribution in [3.05, 3.63) is 102 Å². The summed E-state index contributed by atoms with van der Waals surface area (Å²) in [5.41, 5.74) is 3.26. The van der Waals surface area contributed by atoms with Crippen molar-refractivity contribution in [2.45, 2.75) is 25.6 Å². The molecule has 6 heteroatoms. The standard InChI is InChI=1S/C29H27N3O3/c30-17-18-32(24-13-15-26(16-14-24)35-25-10-5-2-6-11-25)28-22-34-29(27(28)20-31)12-7-19-33-21-23-8-3-1-4-9-23/h1-6,8-11,13-16,29H,7,12,18-19,21-22H2. The molecule has 1 aliphatic heterocycles. The largest absolute Gasteiger partial charge is 0.457 e. The van der Waals surface area contributed by atoms with Crippen LogP contribution < -0.4 is 9.64 Å². The van der Waals surface area contributed by atoms with Crippen LogP contribution in [0, 0.1) is 22.7 Å². The van der Waals surface area contributed by atoms with Crippen molar-refractivity contribution in [2.24, 2.45) is 0 Å². The Hall–Kier alpha value is -4.10. The lowest BCUT2D eigenvalue weighted by Crippen LogP contribution is -2.24. The van der Waals surface area contributed by atoms with Gasteiger partial charge in [-0.1, -0.05) is 48.5 Å². The zero-order valence-corrected chi connectivity index (χ0v) is 19.5. The molecule has 0 amide bonds. The molecule has 1 heterocycles. The number of hydrogen-bond donors (Lipinski definition) is 0. The molecule has 0 aliphatic carbocycles. The Kier molecular flexibility index (Phi) is 8.51. The van der Waals surface area contributed by atoms with Gasteiger partial charge < -0.3 is 19.1 Å². The predicted octanol–water partition coefficient (Wildman–Crippen LogP) is 5.98. The Balaban J connectivity index is 1.38. The summed E-state index contributed by atoms with van der Waals surface area (Å²) < 4.78 is 17.6. The van der Waals surface area contributed by atoms with Crippen LogP contribution in [0.3, 0.4) is 0 Å². The average Bonchev–Trinajstić information content (AvgIpc) is 3.31. The van der Waals surface area contributed by atoms with Gasteiger partial charge in [0, 0.05) is 12.3 Å². The Labute approximate surface area is 206 Å². The lowest BCUT2D eigenvalue weighted by molar-refractivity contribution is 0.0839. The second-order valence-corrected chi connectivity index (χ2v) is 8.11. The molecule has 176 valence electrons. The molecule has 3 aromatic rings. The second-order valence-electron chi connectivity index (χ2n) is 8.11. The predicted molar refractivity (Wildman–Crippen MR) is 134 cm³/mol. The molecule has 1 aliphatic rings. The van der Waals surface area contributed by atoms with Crippen molar-refractivity contribution >= 4 is 5.69 Å². The molecule has 0 bridgehead atoms. The fraction of sp³-hybridized carbons (Fsp3) is 0.241. The fourth-order valence-electron chi connectivity index (χ4n) is 3.98. The van der Waals surface area contributed by atoms with E-state index in [2.05, 4.69) is 12.1 Å². The zero-order valence-electron chi connectivity index (χ0n) is 19.5. The lowest BCUT2D eigenvalue weighted by Gasteiger charge is -2.23. The Morgan fingerprint density at radius 3 is 2.26 bits per heavy atom. The van der Waals surface area contributed by atoms with Crippen LogP contribution in [0.2, 0.25) is 0 Å². The monoisotopic (exact) mass is 465 g/mol. The molecule has 0 saturated carbocycles. The van der Waals surface area contributed by atoms with Crippen LogP contribution in [0.25, 0.3) is 0 Å². The number of anilines is 1. The first-order chi connectivity index (χ1) is 17.3. The van der Waals surface area contributed by atoms with Crippen LogP contribution in [0.4, 0.5) is 5.69 Å². The molecule has 0 fully saturated rings. The molecule has 4 rings (SSSR count). The first-order valence-electron chi connectivity index (χ1n) is 11.6. The van der Waals surface area contributed by atoms with E-state index >= 15 is 0 Å². The topological polar surface area (TPSA) is 78.5 Å². The van der Waals surface area contributed by atoms with Gasteiger partial charge in [-0.25, -0.2) is 0 Å². The molecule has 0 aromatic heterocycles. The second kappa shape index (κ2) is 12.4. The first kappa shape index (κ1) is 24.0. The molecule has 0 spiro atoms. The van der Waals surface area contributed by atoms with Crippen molar-refractivity contribution < 1.29 is 14.2 Å². The summed E-state index contributed by atoms with van der Waals surface area (Å²) in [6, 6.07) is 31.6. The van der Waals surface area contributed by atoms with E-state index in [4.69, 9.17) is 14.2 Å². The van der Waals surface area contributed by atoms with Crippen molar-refractivity contribution in [1.29, 1.82) is 10.5 Å². The number of hydrogen-bond acceptors (Lipinski definition) is 6. The van der Waals surface area contributed by atoms with E-state index < -0.39 is 0 Å². The summed E-state index contributed by atoms with van der Waals surface area (Å²) in [5, 5.41) is 19.3. The third-order valence-electron chi connectivity index (χ3n) is 5.72. The number of para-hydroxylation sites is 1. The van der Waals surface area contributed by atoms with Gasteiger partial charge in [-0.2, -0.15) is 10.5 Å². The average molecular weight is 466 g/mol. The molecule has 0 N–H and O–H groups in total. The molecule has 0 saturated heterocycles. The van der Waals surface area contributed by atoms with Crippen LogP contribution in [-0.2, 0) is 16.1 Å². The van der Waals surface area contributed by atoms with Gasteiger partial charge in [-0.3, -0.25) is 0 Å². The Morgan fingerprint density at radius 1 is 0.886 bits per heavy atom. The van der Waals surface area contributed by atoms with Gasteiger partial charge >= 0.3 is 0 Å². The highest BCUT2D eigenvalue weighted by atomic mass is 16.5. The van der Waals surface area contributed by atoms with Crippen molar-refractivity contribution in [2.75, 3.05) is 24.7 Å². The minimum absolute atomic E-state index is 0.121. The first-order valence-corrected chi connectivity index (χ1v) is 11.6. The van der Waals surface area contributed by atoms with E-state index in [1.807, 2.05) is 89.8 Å². The van der Waals surface area contributed by atoms with Crippen molar-refractivity contribution in [3.63, 3.8) is 0 Å². The lowest BCUT2D eigenvalue weighted by atomic mass is 10.1. The van der Waals surface area contributed by atoms with Crippen molar-refractivity contribution in [3.8, 4) is 23.6 Å². The van der Waals surface area contributed by atoms with E-state index in [1.54, 1.807) is 0 Å². The van der Waals surface area contributed by atoms with E-state index in [-0.39, 0.29) is 12.6 Å². The summed E-state index contributed by atoms with van der Waals surface area (Å²) in [5.74, 6) is 1.45. The summed E-state index contributed by atoms with van der Waals surface area (Å²) >= 11 is 0. The molecular formula is C29H27N3O3. The van der Waals surface area contributed by atoms with Gasteiger partial charge in [0.2, 0.25) is 0 Å². The number of rotatable bonds is 11. The molecule has 35 heavy (non-hydrogen) atoms. The quantitative estimate of drug-likeness (QED) is 0.256. The smallest absolute Gasteiger partial charge is 0.127 e. The number of ether oxygens (including phenoxy) is 3. The summed E-state index contributed by atoms with van der Waals surface area (Å²) in [7, 11) is 0. The maximum Gasteiger partial charge on any atom is 0.127 e. The van der Waals surface area contributed by atoms with Crippen LogP contribution >= 0.6 is 0 Å². The summed E-state index contributed by atoms with van der Waals surface area (Å²) in [6.45, 7) is 1.57. The summed E-state index contributed by atoms with van der Waals surface area (Å²) in [4.78, 5) is 1.84. The van der Waals surface area contributed by atoms with Crippen LogP contribution in [-0.4, -0.2) is 25.9 Å². The third kappa shape index (κ3) is 6.49. The van der Waals surface area contributed by atoms with E-state index in [0.29, 0.717) is 37.6 Å². The van der Waals surface area contributed by atoms with Gasteiger partial charge in [0.25, 0.3) is 0 Å². The zero-order chi connectivity index (χ0) is 24.3. The maximum absolute atomic E-state index is 9.88. The molecule has 1 atom stereocenters. The molecule has 1 unspecified atom stereocenters. The van der Waals surface area contributed by atoms with Crippen LogP contribution in [0.1, 0.15) is 18.4 Å². The number of nitriles is 2.